The van der Waals surface area contributed by atoms with Crippen LogP contribution in [0.3, 0.4) is 0 Å². The first kappa shape index (κ1) is 16.5. The number of fused-ring (bicyclic) bond motifs is 1. The summed E-state index contributed by atoms with van der Waals surface area (Å²) in [5.74, 6) is -1.16. The summed E-state index contributed by atoms with van der Waals surface area (Å²) < 4.78 is 1.29. The maximum Gasteiger partial charge on any atom is 0.262 e. The van der Waals surface area contributed by atoms with Crippen LogP contribution in [0, 0.1) is 0 Å². The van der Waals surface area contributed by atoms with Crippen molar-refractivity contribution in [2.24, 2.45) is 0 Å². The number of nitrogens with two attached hydrogens (primary N) is 1. The van der Waals surface area contributed by atoms with Crippen LogP contribution in [-0.2, 0) is 6.54 Å². The summed E-state index contributed by atoms with van der Waals surface area (Å²) in [7, 11) is 0. The molecule has 2 aliphatic rings. The number of benzene rings is 1. The van der Waals surface area contributed by atoms with Gasteiger partial charge in [0.05, 0.1) is 16.8 Å². The van der Waals surface area contributed by atoms with Gasteiger partial charge in [-0.25, -0.2) is 0 Å². The Morgan fingerprint density at radius 3 is 2.54 bits per heavy atom. The predicted molar refractivity (Wildman–Crippen MR) is 97.4 cm³/mol. The normalized spacial score (nSPS) is 17.2. The summed E-state index contributed by atoms with van der Waals surface area (Å²) in [4.78, 5) is 38.7. The fourth-order valence-electron chi connectivity index (χ4n) is 3.72. The van der Waals surface area contributed by atoms with E-state index in [4.69, 9.17) is 5.73 Å². The van der Waals surface area contributed by atoms with Crippen molar-refractivity contribution in [2.45, 2.75) is 25.8 Å². The smallest absolute Gasteiger partial charge is 0.262 e. The van der Waals surface area contributed by atoms with Crippen LogP contribution in [-0.4, -0.2) is 34.4 Å². The minimum atomic E-state index is -0.584. The zero-order valence-electron chi connectivity index (χ0n) is 14.3. The second kappa shape index (κ2) is 6.42. The molecule has 1 saturated heterocycles. The van der Waals surface area contributed by atoms with Crippen molar-refractivity contribution < 1.29 is 9.59 Å². The lowest BCUT2D eigenvalue weighted by Gasteiger charge is -2.26. The van der Waals surface area contributed by atoms with Crippen molar-refractivity contribution in [2.75, 3.05) is 18.8 Å². The zero-order valence-corrected chi connectivity index (χ0v) is 14.3. The summed E-state index contributed by atoms with van der Waals surface area (Å²) in [5, 5.41) is 2.18. The van der Waals surface area contributed by atoms with Crippen molar-refractivity contribution in [3.8, 4) is 5.69 Å². The Morgan fingerprint density at radius 1 is 1.00 bits per heavy atom. The monoisotopic (exact) mass is 352 g/mol. The number of nitrogen functional groups attached to an aromatic ring is 1. The third-order valence-electron chi connectivity index (χ3n) is 4.98. The molecule has 2 aliphatic heterocycles. The quantitative estimate of drug-likeness (QED) is 0.811. The van der Waals surface area contributed by atoms with E-state index in [1.54, 1.807) is 6.07 Å². The average molecular weight is 352 g/mol. The van der Waals surface area contributed by atoms with Crippen molar-refractivity contribution >= 4 is 17.6 Å². The molecule has 0 unspecified atom stereocenters. The highest BCUT2D eigenvalue weighted by Crippen LogP contribution is 2.23. The first-order valence-electron chi connectivity index (χ1n) is 8.77. The highest BCUT2D eigenvalue weighted by Gasteiger charge is 2.31. The van der Waals surface area contributed by atoms with Crippen molar-refractivity contribution in [1.82, 2.24) is 14.8 Å². The number of amides is 2. The van der Waals surface area contributed by atoms with Crippen molar-refractivity contribution in [1.29, 1.82) is 0 Å². The lowest BCUT2D eigenvalue weighted by atomic mass is 10.1. The molecule has 4 rings (SSSR count). The van der Waals surface area contributed by atoms with Gasteiger partial charge in [-0.15, -0.1) is 0 Å². The molecule has 0 bridgehead atoms. The van der Waals surface area contributed by atoms with Crippen molar-refractivity contribution in [3.05, 3.63) is 57.4 Å². The Bertz CT molecular complexity index is 958. The van der Waals surface area contributed by atoms with Crippen LogP contribution in [0.15, 0.2) is 35.1 Å². The molecule has 0 aliphatic carbocycles. The Morgan fingerprint density at radius 2 is 1.77 bits per heavy atom. The fourth-order valence-corrected chi connectivity index (χ4v) is 3.72. The molecule has 134 valence electrons. The van der Waals surface area contributed by atoms with Crippen LogP contribution >= 0.6 is 0 Å². The Kier molecular flexibility index (Phi) is 4.08. The molecule has 0 atom stereocenters. The number of carbonyl (C=O) groups is 2. The predicted octanol–water partition coefficient (Wildman–Crippen LogP) is 1.29. The lowest BCUT2D eigenvalue weighted by molar-refractivity contribution is 0.0880. The third kappa shape index (κ3) is 2.80. The van der Waals surface area contributed by atoms with Gasteiger partial charge in [0.15, 0.2) is 0 Å². The van der Waals surface area contributed by atoms with E-state index in [1.165, 1.54) is 29.9 Å². The van der Waals surface area contributed by atoms with Gasteiger partial charge in [-0.2, -0.15) is 0 Å². The van der Waals surface area contributed by atoms with E-state index in [-0.39, 0.29) is 16.9 Å². The minimum absolute atomic E-state index is 0.00836. The van der Waals surface area contributed by atoms with Crippen LogP contribution in [0.25, 0.3) is 5.69 Å². The summed E-state index contributed by atoms with van der Waals surface area (Å²) in [6.07, 6.45) is 3.69. The van der Waals surface area contributed by atoms with Gasteiger partial charge in [-0.05, 0) is 43.6 Å². The number of aromatic nitrogens is 1. The fraction of sp³-hybridized carbons (Fsp3) is 0.316. The molecule has 0 saturated carbocycles. The van der Waals surface area contributed by atoms with Gasteiger partial charge in [0, 0.05) is 12.6 Å². The van der Waals surface area contributed by atoms with Gasteiger partial charge in [0.1, 0.15) is 5.82 Å². The molecule has 2 aromatic rings. The molecule has 1 aromatic heterocycles. The molecule has 2 amide bonds. The van der Waals surface area contributed by atoms with Crippen LogP contribution in [0.2, 0.25) is 0 Å². The topological polar surface area (TPSA) is 97.4 Å². The summed E-state index contributed by atoms with van der Waals surface area (Å²) in [6.45, 7) is 2.97. The van der Waals surface area contributed by atoms with E-state index in [0.717, 1.165) is 25.2 Å². The summed E-state index contributed by atoms with van der Waals surface area (Å²) >= 11 is 0. The largest absolute Gasteiger partial charge is 0.384 e. The number of anilines is 1. The van der Waals surface area contributed by atoms with Gasteiger partial charge in [0.2, 0.25) is 0 Å². The highest BCUT2D eigenvalue weighted by atomic mass is 16.2. The molecule has 0 spiro atoms. The molecular weight excluding hydrogens is 332 g/mol. The summed E-state index contributed by atoms with van der Waals surface area (Å²) in [6, 6.07) is 8.75. The standard InChI is InChI=1S/C19H20N4O3/c20-17-16-14(18(25)21-19(16)26)10-15(24)23(17)13-6-4-5-12(9-13)11-22-7-2-1-3-8-22/h4-6,9-10H,1-3,7-8,11,20H2,(H,21,25,26). The molecule has 1 aromatic carbocycles. The highest BCUT2D eigenvalue weighted by molar-refractivity contribution is 6.23. The second-order valence-electron chi connectivity index (χ2n) is 6.78. The molecule has 3 heterocycles. The second-order valence-corrected chi connectivity index (χ2v) is 6.78. The number of nitrogens with zero attached hydrogens (tertiary/aromatic N) is 2. The number of nitrogens with one attached hydrogen (secondary N) is 1. The minimum Gasteiger partial charge on any atom is -0.384 e. The number of piperidine rings is 1. The maximum atomic E-state index is 12.5. The number of imide groups is 1. The maximum absolute atomic E-state index is 12.5. The first-order chi connectivity index (χ1) is 12.5. The van der Waals surface area contributed by atoms with Gasteiger partial charge >= 0.3 is 0 Å². The van der Waals surface area contributed by atoms with Gasteiger partial charge in [-0.1, -0.05) is 18.6 Å². The number of rotatable bonds is 3. The van der Waals surface area contributed by atoms with Crippen LogP contribution < -0.4 is 16.6 Å². The molecule has 3 N–H and O–H groups in total. The number of hydrogen-bond acceptors (Lipinski definition) is 5. The lowest BCUT2D eigenvalue weighted by Crippen LogP contribution is -2.29. The van der Waals surface area contributed by atoms with Gasteiger partial charge in [0.25, 0.3) is 17.4 Å². The molecule has 7 heteroatoms. The summed E-state index contributed by atoms with van der Waals surface area (Å²) in [5.41, 5.74) is 7.45. The van der Waals surface area contributed by atoms with Crippen LogP contribution in [0.1, 0.15) is 45.5 Å². The van der Waals surface area contributed by atoms with E-state index in [0.29, 0.717) is 5.69 Å². The van der Waals surface area contributed by atoms with E-state index in [9.17, 15) is 14.4 Å². The Labute approximate surface area is 150 Å². The number of hydrogen-bond donors (Lipinski definition) is 2. The first-order valence-corrected chi connectivity index (χ1v) is 8.77. The van der Waals surface area contributed by atoms with Crippen LogP contribution in [0.5, 0.6) is 0 Å². The molecular formula is C19H20N4O3. The van der Waals surface area contributed by atoms with E-state index >= 15 is 0 Å². The zero-order chi connectivity index (χ0) is 18.3. The Balaban J connectivity index is 1.73. The van der Waals surface area contributed by atoms with Gasteiger partial charge in [-0.3, -0.25) is 29.2 Å². The number of likely N-dealkylation sites (tertiary alicyclic amines) is 1. The third-order valence-corrected chi connectivity index (χ3v) is 4.98. The molecule has 7 nitrogen and oxygen atoms in total. The number of pyridine rings is 1. The van der Waals surface area contributed by atoms with E-state index in [1.807, 2.05) is 18.2 Å². The van der Waals surface area contributed by atoms with E-state index < -0.39 is 17.4 Å². The van der Waals surface area contributed by atoms with Gasteiger partial charge < -0.3 is 5.73 Å². The molecule has 0 radical (unpaired) electrons. The SMILES string of the molecule is Nc1c2c(cc(=O)n1-c1cccc(CN3CCCCC3)c1)C(=O)NC2=O. The molecule has 26 heavy (non-hydrogen) atoms. The molecule has 1 fully saturated rings. The van der Waals surface area contributed by atoms with Crippen LogP contribution in [0.4, 0.5) is 5.82 Å². The average Bonchev–Trinajstić information content (AvgIpc) is 2.90. The number of carbonyl (C=O) groups excluding carboxylic acids is 2. The van der Waals surface area contributed by atoms with Crippen molar-refractivity contribution in [3.63, 3.8) is 0 Å². The van der Waals surface area contributed by atoms with E-state index in [2.05, 4.69) is 10.2 Å². The Hall–Kier alpha value is -2.93.